The van der Waals surface area contributed by atoms with Gasteiger partial charge >= 0.3 is 6.03 Å². The van der Waals surface area contributed by atoms with Crippen LogP contribution in [0.1, 0.15) is 37.7 Å². The lowest BCUT2D eigenvalue weighted by Gasteiger charge is -2.23. The number of carbonyl (C=O) groups excluding carboxylic acids is 1. The molecule has 188 valence electrons. The molecule has 2 fully saturated rings. The third-order valence-corrected chi connectivity index (χ3v) is 7.31. The Morgan fingerprint density at radius 1 is 1.29 bits per heavy atom. The van der Waals surface area contributed by atoms with Gasteiger partial charge in [0, 0.05) is 42.3 Å². The number of alkyl halides is 2. The number of likely N-dealkylation sites (tertiary alicyclic amines) is 1. The van der Waals surface area contributed by atoms with Gasteiger partial charge in [0.05, 0.1) is 18.6 Å². The number of allylic oxidation sites excluding steroid dienone is 2. The smallest absolute Gasteiger partial charge is 0.319 e. The van der Waals surface area contributed by atoms with E-state index in [-0.39, 0.29) is 48.2 Å². The molecule has 1 aromatic rings. The van der Waals surface area contributed by atoms with Gasteiger partial charge in [-0.3, -0.25) is 9.89 Å². The number of rotatable bonds is 7. The van der Waals surface area contributed by atoms with Crippen molar-refractivity contribution in [1.29, 1.82) is 0 Å². The first-order valence-electron chi connectivity index (χ1n) is 12.2. The van der Waals surface area contributed by atoms with Crippen molar-refractivity contribution < 1.29 is 18.0 Å². The fourth-order valence-electron chi connectivity index (χ4n) is 5.55. The number of fused-ring (bicyclic) bond motifs is 1. The highest BCUT2D eigenvalue weighted by Gasteiger charge is 2.37. The zero-order valence-electron chi connectivity index (χ0n) is 20.0. The number of hydrogen-bond donors (Lipinski definition) is 2. The summed E-state index contributed by atoms with van der Waals surface area (Å²) in [5.74, 6) is -0.601. The lowest BCUT2D eigenvalue weighted by atomic mass is 9.91. The van der Waals surface area contributed by atoms with Crippen molar-refractivity contribution in [2.75, 3.05) is 19.6 Å². The van der Waals surface area contributed by atoms with Crippen molar-refractivity contribution in [1.82, 2.24) is 15.5 Å². The van der Waals surface area contributed by atoms with Gasteiger partial charge in [-0.05, 0) is 49.5 Å². The lowest BCUT2D eigenvalue weighted by Crippen LogP contribution is -2.46. The molecule has 35 heavy (non-hydrogen) atoms. The van der Waals surface area contributed by atoms with E-state index in [0.29, 0.717) is 13.1 Å². The summed E-state index contributed by atoms with van der Waals surface area (Å²) < 4.78 is 39.6. The molecule has 0 spiro atoms. The van der Waals surface area contributed by atoms with E-state index >= 15 is 0 Å². The average molecular weight is 487 g/mol. The molecule has 0 radical (unpaired) electrons. The molecule has 5 unspecified atom stereocenters. The van der Waals surface area contributed by atoms with E-state index in [2.05, 4.69) is 23.8 Å². The van der Waals surface area contributed by atoms with Gasteiger partial charge in [0.1, 0.15) is 5.82 Å². The molecule has 4 rings (SSSR count). The highest BCUT2D eigenvalue weighted by molar-refractivity contribution is 5.92. The molecule has 1 saturated heterocycles. The summed E-state index contributed by atoms with van der Waals surface area (Å²) in [6.45, 7) is 10.3. The molecule has 0 aromatic heterocycles. The fraction of sp³-hybridized carbons (Fsp3) is 0.481. The van der Waals surface area contributed by atoms with Gasteiger partial charge in [0.2, 0.25) is 0 Å². The molecular formula is C27H33F3N4O. The molecule has 1 aliphatic carbocycles. The number of carbonyl (C=O) groups is 1. The van der Waals surface area contributed by atoms with Crippen LogP contribution in [0, 0.1) is 17.7 Å². The Kier molecular flexibility index (Phi) is 7.79. The summed E-state index contributed by atoms with van der Waals surface area (Å²) in [7, 11) is 0. The molecule has 5 atom stereocenters. The Bertz CT molecular complexity index is 1020. The molecule has 1 saturated carbocycles. The number of amides is 2. The lowest BCUT2D eigenvalue weighted by molar-refractivity contribution is 0.0983. The molecular weight excluding hydrogens is 453 g/mol. The monoisotopic (exact) mass is 486 g/mol. The summed E-state index contributed by atoms with van der Waals surface area (Å²) in [5, 5.41) is 6.06. The molecule has 2 heterocycles. The van der Waals surface area contributed by atoms with Gasteiger partial charge in [-0.1, -0.05) is 37.4 Å². The number of aliphatic imine (C=N–C) groups is 1. The van der Waals surface area contributed by atoms with E-state index in [4.69, 9.17) is 4.99 Å². The first kappa shape index (κ1) is 25.2. The predicted octanol–water partition coefficient (Wildman–Crippen LogP) is 5.04. The summed E-state index contributed by atoms with van der Waals surface area (Å²) in [6, 6.07) is 5.25. The molecule has 8 heteroatoms. The molecule has 1 aromatic carbocycles. The maximum atomic E-state index is 13.5. The van der Waals surface area contributed by atoms with Crippen LogP contribution < -0.4 is 10.6 Å². The number of halogens is 3. The third kappa shape index (κ3) is 5.86. The van der Waals surface area contributed by atoms with Crippen LogP contribution in [0.2, 0.25) is 0 Å². The van der Waals surface area contributed by atoms with Crippen molar-refractivity contribution in [3.05, 3.63) is 72.2 Å². The number of nitrogens with zero attached hydrogens (tertiary/aromatic N) is 2. The molecule has 0 bridgehead atoms. The Morgan fingerprint density at radius 3 is 2.71 bits per heavy atom. The van der Waals surface area contributed by atoms with Crippen LogP contribution in [0.15, 0.2) is 65.8 Å². The van der Waals surface area contributed by atoms with E-state index in [1.165, 1.54) is 12.1 Å². The van der Waals surface area contributed by atoms with E-state index in [1.54, 1.807) is 23.1 Å². The quantitative estimate of drug-likeness (QED) is 0.531. The van der Waals surface area contributed by atoms with Gasteiger partial charge in [-0.2, -0.15) is 0 Å². The summed E-state index contributed by atoms with van der Waals surface area (Å²) >= 11 is 0. The maximum absolute atomic E-state index is 13.5. The van der Waals surface area contributed by atoms with Crippen LogP contribution in [-0.2, 0) is 0 Å². The normalized spacial score (nSPS) is 28.7. The summed E-state index contributed by atoms with van der Waals surface area (Å²) in [4.78, 5) is 19.7. The van der Waals surface area contributed by atoms with Crippen LogP contribution in [0.3, 0.4) is 0 Å². The number of urea groups is 1. The standard InChI is InChI=1S/C27H33F3N4O/c1-4-16(2)21-12-24(20-6-5-7-23(20)31-17(21)3)32-27(35)33-25-14-34(15-26(29)30)13-22(25)18-8-10-19(28)11-9-18/h4,8-12,17,20-22,25-26H,1-2,5-7,13-15H2,3H3,(H2,32,33,35). The van der Waals surface area contributed by atoms with Crippen LogP contribution in [0.4, 0.5) is 18.0 Å². The Morgan fingerprint density at radius 2 is 2.03 bits per heavy atom. The average Bonchev–Trinajstić information content (AvgIpc) is 3.39. The van der Waals surface area contributed by atoms with Gasteiger partial charge in [0.25, 0.3) is 6.43 Å². The second-order valence-electron chi connectivity index (χ2n) is 9.71. The molecule has 2 aliphatic heterocycles. The largest absolute Gasteiger partial charge is 0.333 e. The predicted molar refractivity (Wildman–Crippen MR) is 132 cm³/mol. The zero-order valence-corrected chi connectivity index (χ0v) is 20.0. The minimum atomic E-state index is -2.47. The molecule has 2 N–H and O–H groups in total. The third-order valence-electron chi connectivity index (χ3n) is 7.31. The van der Waals surface area contributed by atoms with Crippen molar-refractivity contribution in [3.63, 3.8) is 0 Å². The van der Waals surface area contributed by atoms with E-state index in [1.807, 2.05) is 13.0 Å². The fourth-order valence-corrected chi connectivity index (χ4v) is 5.55. The van der Waals surface area contributed by atoms with Crippen LogP contribution in [0.5, 0.6) is 0 Å². The van der Waals surface area contributed by atoms with Crippen LogP contribution in [0.25, 0.3) is 0 Å². The van der Waals surface area contributed by atoms with Gasteiger partial charge in [-0.25, -0.2) is 18.0 Å². The van der Waals surface area contributed by atoms with E-state index < -0.39 is 6.43 Å². The minimum absolute atomic E-state index is 0.000875. The van der Waals surface area contributed by atoms with Crippen LogP contribution in [-0.4, -0.2) is 54.8 Å². The van der Waals surface area contributed by atoms with Gasteiger partial charge < -0.3 is 10.6 Å². The molecule has 5 nitrogen and oxygen atoms in total. The summed E-state index contributed by atoms with van der Waals surface area (Å²) in [5.41, 5.74) is 3.55. The number of benzene rings is 1. The van der Waals surface area contributed by atoms with E-state index in [0.717, 1.165) is 41.8 Å². The Labute approximate surface area is 204 Å². The van der Waals surface area contributed by atoms with Crippen molar-refractivity contribution in [3.8, 4) is 0 Å². The first-order valence-corrected chi connectivity index (χ1v) is 12.2. The highest BCUT2D eigenvalue weighted by Crippen LogP contribution is 2.35. The van der Waals surface area contributed by atoms with E-state index in [9.17, 15) is 18.0 Å². The van der Waals surface area contributed by atoms with Crippen molar-refractivity contribution in [2.24, 2.45) is 16.8 Å². The first-order chi connectivity index (χ1) is 16.7. The Balaban J connectivity index is 1.52. The molecule has 3 aliphatic rings. The van der Waals surface area contributed by atoms with Gasteiger partial charge in [0.15, 0.2) is 0 Å². The zero-order chi connectivity index (χ0) is 25.1. The maximum Gasteiger partial charge on any atom is 0.319 e. The SMILES string of the molecule is C=CC(=C)C1C=C(NC(=O)NC2CN(CC(F)F)CC2c2ccc(F)cc2)C2CCCC2=NC1C. The number of nitrogens with one attached hydrogen (secondary N) is 2. The molecule has 2 amide bonds. The highest BCUT2D eigenvalue weighted by atomic mass is 19.3. The second-order valence-corrected chi connectivity index (χ2v) is 9.71. The minimum Gasteiger partial charge on any atom is -0.333 e. The van der Waals surface area contributed by atoms with Crippen molar-refractivity contribution in [2.45, 2.75) is 50.6 Å². The van der Waals surface area contributed by atoms with Crippen LogP contribution >= 0.6 is 0 Å². The second kappa shape index (κ2) is 10.8. The number of hydrogen-bond acceptors (Lipinski definition) is 3. The van der Waals surface area contributed by atoms with Crippen molar-refractivity contribution >= 4 is 11.7 Å². The summed E-state index contributed by atoms with van der Waals surface area (Å²) in [6.07, 6.45) is 4.12. The Hall–Kier alpha value is -2.87. The van der Waals surface area contributed by atoms with Gasteiger partial charge in [-0.15, -0.1) is 0 Å². The topological polar surface area (TPSA) is 56.7 Å².